The summed E-state index contributed by atoms with van der Waals surface area (Å²) in [6, 6.07) is 8.93. The number of anilines is 1. The van der Waals surface area contributed by atoms with Crippen LogP contribution in [0.15, 0.2) is 30.3 Å². The van der Waals surface area contributed by atoms with Crippen LogP contribution in [0.1, 0.15) is 19.3 Å². The van der Waals surface area contributed by atoms with Gasteiger partial charge < -0.3 is 20.0 Å². The summed E-state index contributed by atoms with van der Waals surface area (Å²) in [4.78, 5) is 22.9. The van der Waals surface area contributed by atoms with Gasteiger partial charge >= 0.3 is 0 Å². The fraction of sp³-hybridized carbons (Fsp3) is 0.429. The van der Waals surface area contributed by atoms with Gasteiger partial charge in [-0.25, -0.2) is 0 Å². The maximum Gasteiger partial charge on any atom is 0.225 e. The number of carboxylic acids is 1. The Morgan fingerprint density at radius 2 is 2.11 bits per heavy atom. The molecule has 5 nitrogen and oxygen atoms in total. The van der Waals surface area contributed by atoms with Crippen LogP contribution in [0, 0.1) is 5.92 Å². The number of benzene rings is 1. The Morgan fingerprint density at radius 3 is 2.68 bits per heavy atom. The van der Waals surface area contributed by atoms with Crippen LogP contribution < -0.4 is 10.4 Å². The maximum absolute atomic E-state index is 11.8. The van der Waals surface area contributed by atoms with Gasteiger partial charge in [0.15, 0.2) is 0 Å². The van der Waals surface area contributed by atoms with Crippen molar-refractivity contribution in [2.45, 2.75) is 25.4 Å². The van der Waals surface area contributed by atoms with Crippen LogP contribution >= 0.6 is 0 Å². The van der Waals surface area contributed by atoms with Crippen molar-refractivity contribution in [2.24, 2.45) is 5.92 Å². The van der Waals surface area contributed by atoms with E-state index in [9.17, 15) is 14.7 Å². The molecule has 102 valence electrons. The summed E-state index contributed by atoms with van der Waals surface area (Å²) in [5.41, 5.74) is 0.650. The van der Waals surface area contributed by atoms with Crippen LogP contribution in [-0.2, 0) is 14.3 Å². The number of ether oxygens (including phenoxy) is 1. The number of amides is 1. The Balaban J connectivity index is 1.93. The van der Waals surface area contributed by atoms with E-state index in [0.29, 0.717) is 18.7 Å². The van der Waals surface area contributed by atoms with Crippen LogP contribution in [0.3, 0.4) is 0 Å². The lowest BCUT2D eigenvalue weighted by Gasteiger charge is -2.23. The Bertz CT molecular complexity index is 440. The van der Waals surface area contributed by atoms with Crippen LogP contribution in [0.4, 0.5) is 5.69 Å². The van der Waals surface area contributed by atoms with Crippen LogP contribution in [0.5, 0.6) is 0 Å². The maximum atomic E-state index is 11.8. The van der Waals surface area contributed by atoms with Crippen molar-refractivity contribution in [3.05, 3.63) is 30.3 Å². The molecule has 2 atom stereocenters. The zero-order valence-electron chi connectivity index (χ0n) is 10.5. The standard InChI is InChI=1S/C14H17NO4/c16-13(15-10-5-2-1-3-6-10)9-11(14(17)18)12-7-4-8-19-12/h1-3,5-6,11-12H,4,7-9H2,(H,15,16)(H,17,18)/p-1/t11-,12+/m1/s1. The molecule has 1 aromatic rings. The average molecular weight is 262 g/mol. The smallest absolute Gasteiger partial charge is 0.225 e. The largest absolute Gasteiger partial charge is 0.550 e. The summed E-state index contributed by atoms with van der Waals surface area (Å²) in [5.74, 6) is -2.45. The second kappa shape index (κ2) is 6.33. The zero-order chi connectivity index (χ0) is 13.7. The predicted molar refractivity (Wildman–Crippen MR) is 67.2 cm³/mol. The minimum Gasteiger partial charge on any atom is -0.550 e. The predicted octanol–water partition coefficient (Wildman–Crippen LogP) is 0.560. The number of nitrogens with one attached hydrogen (secondary N) is 1. The van der Waals surface area contributed by atoms with E-state index in [1.54, 1.807) is 24.3 Å². The van der Waals surface area contributed by atoms with Crippen molar-refractivity contribution in [3.63, 3.8) is 0 Å². The van der Waals surface area contributed by atoms with E-state index in [0.717, 1.165) is 6.42 Å². The number of hydrogen-bond donors (Lipinski definition) is 1. The highest BCUT2D eigenvalue weighted by molar-refractivity contribution is 5.93. The van der Waals surface area contributed by atoms with Crippen molar-refractivity contribution in [1.82, 2.24) is 0 Å². The lowest BCUT2D eigenvalue weighted by molar-refractivity contribution is -0.314. The number of rotatable bonds is 5. The molecule has 19 heavy (non-hydrogen) atoms. The van der Waals surface area contributed by atoms with E-state index in [4.69, 9.17) is 4.74 Å². The monoisotopic (exact) mass is 262 g/mol. The Kier molecular flexibility index (Phi) is 4.52. The molecule has 1 aliphatic rings. The summed E-state index contributed by atoms with van der Waals surface area (Å²) in [7, 11) is 0. The second-order valence-corrected chi connectivity index (χ2v) is 4.60. The molecule has 1 aromatic carbocycles. The number of para-hydroxylation sites is 1. The summed E-state index contributed by atoms with van der Waals surface area (Å²) in [6.45, 7) is 0.550. The molecule has 1 amide bonds. The second-order valence-electron chi connectivity index (χ2n) is 4.60. The van der Waals surface area contributed by atoms with Gasteiger partial charge in [0.05, 0.1) is 6.10 Å². The van der Waals surface area contributed by atoms with Gasteiger partial charge in [-0.2, -0.15) is 0 Å². The van der Waals surface area contributed by atoms with Gasteiger partial charge in [0.2, 0.25) is 5.91 Å². The van der Waals surface area contributed by atoms with E-state index < -0.39 is 18.0 Å². The lowest BCUT2D eigenvalue weighted by atomic mass is 9.96. The topological polar surface area (TPSA) is 78.5 Å². The van der Waals surface area contributed by atoms with Gasteiger partial charge in [-0.05, 0) is 25.0 Å². The number of carbonyl (C=O) groups is 2. The number of carboxylic acid groups (broad SMARTS) is 1. The van der Waals surface area contributed by atoms with Gasteiger partial charge in [0.25, 0.3) is 0 Å². The van der Waals surface area contributed by atoms with E-state index in [2.05, 4.69) is 5.32 Å². The van der Waals surface area contributed by atoms with E-state index >= 15 is 0 Å². The molecule has 1 aliphatic heterocycles. The molecule has 0 aromatic heterocycles. The molecule has 1 heterocycles. The van der Waals surface area contributed by atoms with E-state index in [-0.39, 0.29) is 12.3 Å². The summed E-state index contributed by atoms with van der Waals surface area (Å²) in [5, 5.41) is 13.8. The molecule has 0 bridgehead atoms. The third-order valence-corrected chi connectivity index (χ3v) is 3.18. The van der Waals surface area contributed by atoms with E-state index in [1.165, 1.54) is 0 Å². The summed E-state index contributed by atoms with van der Waals surface area (Å²) >= 11 is 0. The van der Waals surface area contributed by atoms with Gasteiger partial charge in [-0.1, -0.05) is 18.2 Å². The molecule has 1 fully saturated rings. The first-order valence-corrected chi connectivity index (χ1v) is 6.34. The van der Waals surface area contributed by atoms with Crippen molar-refractivity contribution >= 4 is 17.6 Å². The summed E-state index contributed by atoms with van der Waals surface area (Å²) < 4.78 is 5.33. The first-order valence-electron chi connectivity index (χ1n) is 6.34. The molecular weight excluding hydrogens is 246 g/mol. The molecule has 0 spiro atoms. The third-order valence-electron chi connectivity index (χ3n) is 3.18. The molecule has 0 unspecified atom stereocenters. The van der Waals surface area contributed by atoms with Crippen molar-refractivity contribution in [3.8, 4) is 0 Å². The summed E-state index contributed by atoms with van der Waals surface area (Å²) in [6.07, 6.45) is 0.958. The van der Waals surface area contributed by atoms with Crippen molar-refractivity contribution in [1.29, 1.82) is 0 Å². The molecule has 0 saturated carbocycles. The van der Waals surface area contributed by atoms with Gasteiger partial charge in [0, 0.05) is 30.6 Å². The van der Waals surface area contributed by atoms with Crippen LogP contribution in [-0.4, -0.2) is 24.6 Å². The van der Waals surface area contributed by atoms with E-state index in [1.807, 2.05) is 6.07 Å². The first-order chi connectivity index (χ1) is 9.16. The minimum absolute atomic E-state index is 0.123. The first kappa shape index (κ1) is 13.5. The molecule has 5 heteroatoms. The molecule has 0 aliphatic carbocycles. The van der Waals surface area contributed by atoms with Crippen molar-refractivity contribution < 1.29 is 19.4 Å². The van der Waals surface area contributed by atoms with Crippen LogP contribution in [0.25, 0.3) is 0 Å². The SMILES string of the molecule is O=C(C[C@@H](C(=O)[O-])[C@@H]1CCCO1)Nc1ccccc1. The molecule has 1 saturated heterocycles. The molecular formula is C14H16NO4-. The van der Waals surface area contributed by atoms with Crippen molar-refractivity contribution in [2.75, 3.05) is 11.9 Å². The fourth-order valence-corrected chi connectivity index (χ4v) is 2.22. The third kappa shape index (κ3) is 3.79. The number of carbonyl (C=O) groups excluding carboxylic acids is 2. The van der Waals surface area contributed by atoms with Crippen LogP contribution in [0.2, 0.25) is 0 Å². The number of hydrogen-bond acceptors (Lipinski definition) is 4. The molecule has 1 N–H and O–H groups in total. The molecule has 2 rings (SSSR count). The Hall–Kier alpha value is -1.88. The minimum atomic E-state index is -1.23. The average Bonchev–Trinajstić information content (AvgIpc) is 2.90. The Morgan fingerprint density at radius 1 is 1.37 bits per heavy atom. The highest BCUT2D eigenvalue weighted by Crippen LogP contribution is 2.23. The Labute approximate surface area is 111 Å². The normalized spacial score (nSPS) is 19.9. The highest BCUT2D eigenvalue weighted by atomic mass is 16.5. The van der Waals surface area contributed by atoms with Gasteiger partial charge in [-0.3, -0.25) is 4.79 Å². The quantitative estimate of drug-likeness (QED) is 0.841. The lowest BCUT2D eigenvalue weighted by Crippen LogP contribution is -2.40. The number of aliphatic carboxylic acids is 1. The highest BCUT2D eigenvalue weighted by Gasteiger charge is 2.28. The zero-order valence-corrected chi connectivity index (χ0v) is 10.5. The van der Waals surface area contributed by atoms with Gasteiger partial charge in [0.1, 0.15) is 0 Å². The molecule has 0 radical (unpaired) electrons. The van der Waals surface area contributed by atoms with Gasteiger partial charge in [-0.15, -0.1) is 0 Å². The fourth-order valence-electron chi connectivity index (χ4n) is 2.22.